The fourth-order valence-corrected chi connectivity index (χ4v) is 7.63. The summed E-state index contributed by atoms with van der Waals surface area (Å²) in [6, 6.07) is 8.44. The van der Waals surface area contributed by atoms with Gasteiger partial charge in [-0.05, 0) is 48.4 Å². The van der Waals surface area contributed by atoms with Crippen LogP contribution in [0.1, 0.15) is 38.7 Å². The molecule has 10 nitrogen and oxygen atoms in total. The van der Waals surface area contributed by atoms with Crippen LogP contribution in [-0.4, -0.2) is 85.0 Å². The maximum Gasteiger partial charge on any atom is 0.229 e. The number of rotatable bonds is 8. The molecule has 3 aromatic heterocycles. The van der Waals surface area contributed by atoms with Crippen LogP contribution in [0.3, 0.4) is 0 Å². The summed E-state index contributed by atoms with van der Waals surface area (Å²) in [4.78, 5) is 18.6. The molecular weight excluding hydrogens is 569 g/mol. The molecule has 5 heterocycles. The third-order valence-corrected chi connectivity index (χ3v) is 10.0. The number of nitrogens with zero attached hydrogens (tertiary/aromatic N) is 6. The third-order valence-electron chi connectivity index (χ3n) is 8.99. The Morgan fingerprint density at radius 2 is 1.93 bits per heavy atom. The summed E-state index contributed by atoms with van der Waals surface area (Å²) in [7, 11) is 0.442. The summed E-state index contributed by atoms with van der Waals surface area (Å²) in [6.45, 7) is 7.90. The fourth-order valence-electron chi connectivity index (χ4n) is 6.47. The van der Waals surface area contributed by atoms with Crippen molar-refractivity contribution in [3.05, 3.63) is 42.2 Å². The molecule has 2 saturated heterocycles. The first kappa shape index (κ1) is 29.6. The van der Waals surface area contributed by atoms with E-state index in [-0.39, 0.29) is 30.2 Å². The van der Waals surface area contributed by atoms with E-state index in [9.17, 15) is 12.8 Å². The zero-order chi connectivity index (χ0) is 30.6. The van der Waals surface area contributed by atoms with E-state index in [1.807, 2.05) is 35.0 Å². The zero-order valence-corrected chi connectivity index (χ0v) is 26.4. The number of halogens is 1. The van der Waals surface area contributed by atoms with Gasteiger partial charge in [-0.3, -0.25) is 0 Å². The Labute approximate surface area is 252 Å². The van der Waals surface area contributed by atoms with Crippen molar-refractivity contribution in [3.8, 4) is 0 Å². The second kappa shape index (κ2) is 11.2. The average Bonchev–Trinajstić information content (AvgIpc) is 3.34. The van der Waals surface area contributed by atoms with Gasteiger partial charge in [0, 0.05) is 68.9 Å². The molecule has 43 heavy (non-hydrogen) atoms. The van der Waals surface area contributed by atoms with Gasteiger partial charge in [0.15, 0.2) is 0 Å². The minimum absolute atomic E-state index is 0.108. The van der Waals surface area contributed by atoms with Gasteiger partial charge in [0.2, 0.25) is 5.95 Å². The van der Waals surface area contributed by atoms with E-state index in [4.69, 9.17) is 19.7 Å². The highest BCUT2D eigenvalue weighted by atomic mass is 32.2. The van der Waals surface area contributed by atoms with Gasteiger partial charge in [-0.25, -0.2) is 17.8 Å². The van der Waals surface area contributed by atoms with Gasteiger partial charge in [-0.1, -0.05) is 19.9 Å². The van der Waals surface area contributed by atoms with Crippen molar-refractivity contribution in [2.75, 3.05) is 53.9 Å². The molecule has 1 aromatic carbocycles. The molecule has 0 amide bonds. The van der Waals surface area contributed by atoms with E-state index in [2.05, 4.69) is 49.2 Å². The van der Waals surface area contributed by atoms with Gasteiger partial charge in [-0.2, -0.15) is 9.97 Å². The van der Waals surface area contributed by atoms with Crippen LogP contribution in [-0.2, 0) is 21.6 Å². The molecule has 4 atom stereocenters. The van der Waals surface area contributed by atoms with E-state index >= 15 is 0 Å². The number of fused-ring (bicyclic) bond motifs is 2. The number of alkyl halides is 1. The normalized spacial score (nSPS) is 22.9. The predicted octanol–water partition coefficient (Wildman–Crippen LogP) is 4.82. The molecule has 230 valence electrons. The third kappa shape index (κ3) is 5.62. The van der Waals surface area contributed by atoms with Gasteiger partial charge in [0.25, 0.3) is 0 Å². The minimum atomic E-state index is -3.04. The van der Waals surface area contributed by atoms with Crippen molar-refractivity contribution in [2.45, 2.75) is 51.4 Å². The van der Waals surface area contributed by atoms with Crippen molar-refractivity contribution >= 4 is 54.9 Å². The lowest BCUT2D eigenvalue weighted by Gasteiger charge is -2.48. The first-order valence-corrected chi connectivity index (χ1v) is 16.9. The maximum absolute atomic E-state index is 14.8. The number of aromatic nitrogens is 4. The molecule has 12 heteroatoms. The summed E-state index contributed by atoms with van der Waals surface area (Å²) < 4.78 is 45.8. The number of benzene rings is 1. The van der Waals surface area contributed by atoms with Gasteiger partial charge < -0.3 is 24.4 Å². The lowest BCUT2D eigenvalue weighted by atomic mass is 9.88. The number of aryl methyl sites for hydroxylation is 1. The SMILES string of the molecule is CO[C@H]1CCN(c2nc(Nc3cc4c(C(C)C)ccc(N5C[C@H](CS(C)(=O)=O)[C@H]5C)c4cn3)c3ccn(C)c3n2)C[C@H]1F. The van der Waals surface area contributed by atoms with E-state index in [1.54, 1.807) is 7.11 Å². The largest absolute Gasteiger partial charge is 0.378 e. The Kier molecular flexibility index (Phi) is 7.70. The summed E-state index contributed by atoms with van der Waals surface area (Å²) in [5.74, 6) is 2.32. The maximum atomic E-state index is 14.8. The molecule has 4 aromatic rings. The molecule has 0 radical (unpaired) electrons. The number of nitrogens with one attached hydrogen (secondary N) is 1. The Morgan fingerprint density at radius 3 is 2.60 bits per heavy atom. The number of methoxy groups -OCH3 is 1. The minimum Gasteiger partial charge on any atom is -0.378 e. The summed E-state index contributed by atoms with van der Waals surface area (Å²) >= 11 is 0. The molecular formula is C31H40FN7O3S. The van der Waals surface area contributed by atoms with Gasteiger partial charge in [-0.15, -0.1) is 0 Å². The predicted molar refractivity (Wildman–Crippen MR) is 170 cm³/mol. The molecule has 0 aliphatic carbocycles. The second-order valence-electron chi connectivity index (χ2n) is 12.4. The molecule has 2 aliphatic rings. The molecule has 2 aliphatic heterocycles. The monoisotopic (exact) mass is 609 g/mol. The topological polar surface area (TPSA) is 105 Å². The van der Waals surface area contributed by atoms with Crippen molar-refractivity contribution in [3.63, 3.8) is 0 Å². The van der Waals surface area contributed by atoms with E-state index < -0.39 is 22.1 Å². The number of sulfone groups is 1. The highest BCUT2D eigenvalue weighted by molar-refractivity contribution is 7.90. The molecule has 2 fully saturated rings. The Balaban J connectivity index is 1.35. The molecule has 0 unspecified atom stereocenters. The second-order valence-corrected chi connectivity index (χ2v) is 14.6. The summed E-state index contributed by atoms with van der Waals surface area (Å²) in [6.07, 6.45) is 4.16. The Morgan fingerprint density at radius 1 is 1.14 bits per heavy atom. The highest BCUT2D eigenvalue weighted by Crippen LogP contribution is 2.40. The number of hydrogen-bond donors (Lipinski definition) is 1. The van der Waals surface area contributed by atoms with Crippen LogP contribution in [0.25, 0.3) is 21.8 Å². The lowest BCUT2D eigenvalue weighted by Crippen LogP contribution is -2.57. The molecule has 0 spiro atoms. The van der Waals surface area contributed by atoms with Crippen LogP contribution in [0.5, 0.6) is 0 Å². The number of pyridine rings is 1. The Hall–Kier alpha value is -3.51. The summed E-state index contributed by atoms with van der Waals surface area (Å²) in [5.41, 5.74) is 3.01. The van der Waals surface area contributed by atoms with E-state index in [0.717, 1.165) is 27.5 Å². The van der Waals surface area contributed by atoms with Crippen molar-refractivity contribution < 1.29 is 17.5 Å². The van der Waals surface area contributed by atoms with Crippen LogP contribution >= 0.6 is 0 Å². The van der Waals surface area contributed by atoms with E-state index in [1.165, 1.54) is 11.8 Å². The standard InChI is InChI=1S/C31H40FN7O3S/c1-18(2)21-7-8-26(39-15-20(19(39)3)17-43(6,40)41)24-14-33-28(13-23(21)24)34-29-22-9-11-37(4)30(22)36-31(35-29)38-12-10-27(42-5)25(32)16-38/h7-9,11,13-14,18-20,25,27H,10,12,15-17H2,1-6H3,(H,33,34,35,36)/t19-,20-,25-,27+/m1/s1. The van der Waals surface area contributed by atoms with Crippen LogP contribution in [0, 0.1) is 5.92 Å². The van der Waals surface area contributed by atoms with Crippen LogP contribution in [0.15, 0.2) is 36.7 Å². The number of piperidine rings is 1. The lowest BCUT2D eigenvalue weighted by molar-refractivity contribution is 0.0194. The van der Waals surface area contributed by atoms with Crippen molar-refractivity contribution in [1.29, 1.82) is 0 Å². The summed E-state index contributed by atoms with van der Waals surface area (Å²) in [5, 5.41) is 6.41. The molecule has 0 saturated carbocycles. The molecule has 6 rings (SSSR count). The van der Waals surface area contributed by atoms with Gasteiger partial charge >= 0.3 is 0 Å². The molecule has 0 bridgehead atoms. The number of hydrogen-bond acceptors (Lipinski definition) is 9. The highest BCUT2D eigenvalue weighted by Gasteiger charge is 2.38. The smallest absolute Gasteiger partial charge is 0.229 e. The molecule has 1 N–H and O–H groups in total. The van der Waals surface area contributed by atoms with Gasteiger partial charge in [0.1, 0.15) is 33.3 Å². The number of ether oxygens (including phenoxy) is 1. The van der Waals surface area contributed by atoms with Crippen molar-refractivity contribution in [1.82, 2.24) is 19.5 Å². The van der Waals surface area contributed by atoms with Crippen molar-refractivity contribution in [2.24, 2.45) is 13.0 Å². The first-order valence-electron chi connectivity index (χ1n) is 14.8. The fraction of sp³-hybridized carbons (Fsp3) is 0.516. The first-order chi connectivity index (χ1) is 20.4. The number of anilines is 4. The van der Waals surface area contributed by atoms with Crippen LogP contribution < -0.4 is 15.1 Å². The zero-order valence-electron chi connectivity index (χ0n) is 25.6. The van der Waals surface area contributed by atoms with Crippen LogP contribution in [0.2, 0.25) is 0 Å². The Bertz CT molecular complexity index is 1780. The quantitative estimate of drug-likeness (QED) is 0.301. The average molecular weight is 610 g/mol. The van der Waals surface area contributed by atoms with Crippen LogP contribution in [0.4, 0.5) is 27.7 Å². The van der Waals surface area contributed by atoms with Gasteiger partial charge in [0.05, 0.1) is 23.8 Å². The van der Waals surface area contributed by atoms with E-state index in [0.29, 0.717) is 37.1 Å².